The minimum absolute atomic E-state index is 0.0598. The summed E-state index contributed by atoms with van der Waals surface area (Å²) in [4.78, 5) is 25.6. The van der Waals surface area contributed by atoms with Gasteiger partial charge in [0.25, 0.3) is 5.91 Å². The number of aliphatic hydroxyl groups excluding tert-OH is 1. The first kappa shape index (κ1) is 12.8. The molecule has 1 fully saturated rings. The highest BCUT2D eigenvalue weighted by Gasteiger charge is 2.33. The van der Waals surface area contributed by atoms with Crippen molar-refractivity contribution in [3.8, 4) is 0 Å². The Balaban J connectivity index is 1.99. The fourth-order valence-corrected chi connectivity index (χ4v) is 2.34. The minimum Gasteiger partial charge on any atom is -0.393 e. The lowest BCUT2D eigenvalue weighted by Crippen LogP contribution is -2.47. The van der Waals surface area contributed by atoms with Crippen LogP contribution in [0, 0.1) is 5.92 Å². The molecule has 1 aliphatic rings. The largest absolute Gasteiger partial charge is 0.393 e. The molecule has 1 saturated carbocycles. The average molecular weight is 250 g/mol. The van der Waals surface area contributed by atoms with E-state index in [1.807, 2.05) is 6.92 Å². The second-order valence-corrected chi connectivity index (χ2v) is 4.80. The highest BCUT2D eigenvalue weighted by molar-refractivity contribution is 5.92. The van der Waals surface area contributed by atoms with Crippen LogP contribution >= 0.6 is 0 Å². The predicted molar refractivity (Wildman–Crippen MR) is 67.3 cm³/mol. The maximum absolute atomic E-state index is 11.9. The fourth-order valence-electron chi connectivity index (χ4n) is 2.34. The fraction of sp³-hybridized carbons (Fsp3) is 0.538. The number of aromatic nitrogens is 1. The van der Waals surface area contributed by atoms with E-state index in [9.17, 15) is 14.7 Å². The third kappa shape index (κ3) is 2.79. The number of rotatable bonds is 4. The Bertz CT molecular complexity index is 477. The lowest BCUT2D eigenvalue weighted by Gasteiger charge is -2.37. The molecule has 2 rings (SSSR count). The molecular formula is C13H18N2O3. The topological polar surface area (TPSA) is 82.2 Å². The van der Waals surface area contributed by atoms with Gasteiger partial charge in [0.1, 0.15) is 5.69 Å². The van der Waals surface area contributed by atoms with Crippen molar-refractivity contribution in [3.63, 3.8) is 0 Å². The van der Waals surface area contributed by atoms with Crippen molar-refractivity contribution in [2.45, 2.75) is 38.3 Å². The Morgan fingerprint density at radius 3 is 2.83 bits per heavy atom. The van der Waals surface area contributed by atoms with Gasteiger partial charge in [0.15, 0.2) is 0 Å². The first-order valence-corrected chi connectivity index (χ1v) is 6.28. The lowest BCUT2D eigenvalue weighted by molar-refractivity contribution is 0.0232. The van der Waals surface area contributed by atoms with Crippen molar-refractivity contribution in [2.24, 2.45) is 5.92 Å². The maximum atomic E-state index is 11.9. The Labute approximate surface area is 105 Å². The number of carbonyl (C=O) groups is 1. The van der Waals surface area contributed by atoms with Gasteiger partial charge >= 0.3 is 0 Å². The summed E-state index contributed by atoms with van der Waals surface area (Å²) in [5.41, 5.74) is -0.00409. The van der Waals surface area contributed by atoms with Gasteiger partial charge in [-0.15, -0.1) is 0 Å². The van der Waals surface area contributed by atoms with Gasteiger partial charge in [-0.1, -0.05) is 13.0 Å². The van der Waals surface area contributed by atoms with Crippen LogP contribution in [-0.4, -0.2) is 28.1 Å². The van der Waals surface area contributed by atoms with Crippen molar-refractivity contribution in [1.29, 1.82) is 0 Å². The molecule has 18 heavy (non-hydrogen) atoms. The average Bonchev–Trinajstić information content (AvgIpc) is 2.32. The normalized spacial score (nSPS) is 24.1. The highest BCUT2D eigenvalue weighted by Crippen LogP contribution is 2.31. The number of hydrogen-bond acceptors (Lipinski definition) is 3. The van der Waals surface area contributed by atoms with Gasteiger partial charge in [-0.05, 0) is 31.2 Å². The zero-order valence-corrected chi connectivity index (χ0v) is 10.3. The summed E-state index contributed by atoms with van der Waals surface area (Å²) >= 11 is 0. The van der Waals surface area contributed by atoms with Crippen molar-refractivity contribution < 1.29 is 9.90 Å². The van der Waals surface area contributed by atoms with E-state index in [-0.39, 0.29) is 29.3 Å². The van der Waals surface area contributed by atoms with Crippen molar-refractivity contribution in [3.05, 3.63) is 34.2 Å². The van der Waals surface area contributed by atoms with Gasteiger partial charge in [0.05, 0.1) is 6.10 Å². The Morgan fingerprint density at radius 1 is 1.56 bits per heavy atom. The van der Waals surface area contributed by atoms with E-state index in [1.54, 1.807) is 12.1 Å². The monoisotopic (exact) mass is 250 g/mol. The molecule has 0 unspecified atom stereocenters. The first-order valence-electron chi connectivity index (χ1n) is 6.28. The number of amides is 1. The summed E-state index contributed by atoms with van der Waals surface area (Å²) in [7, 11) is 0. The van der Waals surface area contributed by atoms with Gasteiger partial charge in [-0.2, -0.15) is 0 Å². The highest BCUT2D eigenvalue weighted by atomic mass is 16.3. The summed E-state index contributed by atoms with van der Waals surface area (Å²) in [5, 5.41) is 12.2. The molecule has 1 heterocycles. The van der Waals surface area contributed by atoms with Crippen LogP contribution in [0.5, 0.6) is 0 Å². The van der Waals surface area contributed by atoms with Crippen LogP contribution in [0.2, 0.25) is 0 Å². The molecule has 1 amide bonds. The van der Waals surface area contributed by atoms with Crippen LogP contribution < -0.4 is 10.9 Å². The summed E-state index contributed by atoms with van der Waals surface area (Å²) < 4.78 is 0. The van der Waals surface area contributed by atoms with E-state index < -0.39 is 0 Å². The van der Waals surface area contributed by atoms with Crippen molar-refractivity contribution in [1.82, 2.24) is 10.3 Å². The van der Waals surface area contributed by atoms with Crippen LogP contribution in [0.15, 0.2) is 23.0 Å². The molecule has 98 valence electrons. The number of H-pyrrole nitrogens is 1. The minimum atomic E-state index is -0.283. The third-order valence-corrected chi connectivity index (χ3v) is 3.49. The van der Waals surface area contributed by atoms with E-state index in [0.29, 0.717) is 5.92 Å². The molecule has 0 bridgehead atoms. The third-order valence-electron chi connectivity index (χ3n) is 3.49. The summed E-state index contributed by atoms with van der Waals surface area (Å²) in [6.45, 7) is 2.00. The summed E-state index contributed by atoms with van der Waals surface area (Å²) in [5.74, 6) is 0.0744. The molecule has 0 spiro atoms. The lowest BCUT2D eigenvalue weighted by atomic mass is 9.76. The molecule has 0 aromatic carbocycles. The number of aromatic amines is 1. The van der Waals surface area contributed by atoms with Gasteiger partial charge in [-0.3, -0.25) is 9.59 Å². The number of pyridine rings is 1. The Hall–Kier alpha value is -1.62. The summed E-state index contributed by atoms with van der Waals surface area (Å²) in [6, 6.07) is 4.57. The van der Waals surface area contributed by atoms with E-state index in [4.69, 9.17) is 0 Å². The molecule has 5 heteroatoms. The maximum Gasteiger partial charge on any atom is 0.268 e. The second kappa shape index (κ2) is 5.35. The molecule has 1 aromatic rings. The SMILES string of the molecule is CC[C@@H](NC(=O)c1cccc(=O)[nH]1)C1CC(O)C1. The van der Waals surface area contributed by atoms with Crippen LogP contribution in [-0.2, 0) is 0 Å². The standard InChI is InChI=1S/C13H18N2O3/c1-2-10(8-6-9(16)7-8)15-13(18)11-4-3-5-12(17)14-11/h3-5,8-10,16H,2,6-7H2,1H3,(H,14,17)(H,15,18)/t8?,9?,10-/m1/s1. The summed E-state index contributed by atoms with van der Waals surface area (Å²) in [6.07, 6.45) is 2.08. The molecule has 0 saturated heterocycles. The van der Waals surface area contributed by atoms with Crippen LogP contribution in [0.1, 0.15) is 36.7 Å². The number of hydrogen-bond donors (Lipinski definition) is 3. The van der Waals surface area contributed by atoms with Gasteiger partial charge in [0.2, 0.25) is 5.56 Å². The number of carbonyl (C=O) groups excluding carboxylic acids is 1. The molecule has 3 N–H and O–H groups in total. The van der Waals surface area contributed by atoms with E-state index in [0.717, 1.165) is 19.3 Å². The predicted octanol–water partition coefficient (Wildman–Crippen LogP) is 0.654. The Kier molecular flexibility index (Phi) is 3.81. The van der Waals surface area contributed by atoms with Crippen LogP contribution in [0.3, 0.4) is 0 Å². The molecule has 1 atom stereocenters. The van der Waals surface area contributed by atoms with Crippen molar-refractivity contribution >= 4 is 5.91 Å². The quantitative estimate of drug-likeness (QED) is 0.734. The number of aliphatic hydroxyl groups is 1. The molecular weight excluding hydrogens is 232 g/mol. The van der Waals surface area contributed by atoms with Crippen LogP contribution in [0.25, 0.3) is 0 Å². The first-order chi connectivity index (χ1) is 8.60. The smallest absolute Gasteiger partial charge is 0.268 e. The van der Waals surface area contributed by atoms with Gasteiger partial charge in [0, 0.05) is 12.1 Å². The van der Waals surface area contributed by atoms with Gasteiger partial charge < -0.3 is 15.4 Å². The van der Waals surface area contributed by atoms with E-state index in [1.165, 1.54) is 6.07 Å². The molecule has 0 aliphatic heterocycles. The van der Waals surface area contributed by atoms with E-state index >= 15 is 0 Å². The molecule has 0 radical (unpaired) electrons. The van der Waals surface area contributed by atoms with Crippen LogP contribution in [0.4, 0.5) is 0 Å². The Morgan fingerprint density at radius 2 is 2.28 bits per heavy atom. The zero-order valence-electron chi connectivity index (χ0n) is 10.3. The van der Waals surface area contributed by atoms with E-state index in [2.05, 4.69) is 10.3 Å². The second-order valence-electron chi connectivity index (χ2n) is 4.80. The van der Waals surface area contributed by atoms with Gasteiger partial charge in [-0.25, -0.2) is 0 Å². The zero-order chi connectivity index (χ0) is 13.1. The molecule has 5 nitrogen and oxygen atoms in total. The van der Waals surface area contributed by atoms with Crippen molar-refractivity contribution in [2.75, 3.05) is 0 Å². The molecule has 1 aliphatic carbocycles. The number of nitrogens with one attached hydrogen (secondary N) is 2. The molecule has 1 aromatic heterocycles.